The maximum absolute atomic E-state index is 5.36. The van der Waals surface area contributed by atoms with E-state index in [-0.39, 0.29) is 24.0 Å². The fourth-order valence-electron chi connectivity index (χ4n) is 2.27. The van der Waals surface area contributed by atoms with E-state index >= 15 is 0 Å². The SMILES string of the molecule is CCNC(=NCc1cc(Br)cs1)NCCCN1CCOCC1.I. The van der Waals surface area contributed by atoms with E-state index in [1.54, 1.807) is 11.3 Å². The lowest BCUT2D eigenvalue weighted by molar-refractivity contribution is 0.0376. The van der Waals surface area contributed by atoms with Crippen molar-refractivity contribution in [2.24, 2.45) is 4.99 Å². The number of hydrogen-bond donors (Lipinski definition) is 2. The summed E-state index contributed by atoms with van der Waals surface area (Å²) < 4.78 is 6.49. The second-order valence-electron chi connectivity index (χ2n) is 5.16. The Morgan fingerprint density at radius 3 is 2.83 bits per heavy atom. The number of hydrogen-bond acceptors (Lipinski definition) is 4. The minimum absolute atomic E-state index is 0. The number of rotatable bonds is 7. The van der Waals surface area contributed by atoms with Gasteiger partial charge in [-0.15, -0.1) is 35.3 Å². The molecule has 1 fully saturated rings. The second-order valence-corrected chi connectivity index (χ2v) is 7.07. The lowest BCUT2D eigenvalue weighted by Crippen LogP contribution is -2.40. The van der Waals surface area contributed by atoms with Gasteiger partial charge in [0.15, 0.2) is 5.96 Å². The molecule has 8 heteroatoms. The molecule has 0 amide bonds. The van der Waals surface area contributed by atoms with Crippen molar-refractivity contribution in [2.45, 2.75) is 19.9 Å². The van der Waals surface area contributed by atoms with E-state index in [2.05, 4.69) is 54.8 Å². The molecule has 0 aromatic carbocycles. The average molecular weight is 517 g/mol. The zero-order valence-electron chi connectivity index (χ0n) is 13.5. The molecule has 1 aliphatic heterocycles. The molecule has 23 heavy (non-hydrogen) atoms. The lowest BCUT2D eigenvalue weighted by atomic mass is 10.3. The number of guanidine groups is 1. The highest BCUT2D eigenvalue weighted by Crippen LogP contribution is 2.20. The number of nitrogens with zero attached hydrogens (tertiary/aromatic N) is 2. The summed E-state index contributed by atoms with van der Waals surface area (Å²) in [6.07, 6.45) is 1.12. The number of nitrogens with one attached hydrogen (secondary N) is 2. The van der Waals surface area contributed by atoms with E-state index in [9.17, 15) is 0 Å². The van der Waals surface area contributed by atoms with Crippen LogP contribution in [0.25, 0.3) is 0 Å². The fourth-order valence-corrected chi connectivity index (χ4v) is 3.64. The molecule has 2 N–H and O–H groups in total. The Bertz CT molecular complexity index is 466. The van der Waals surface area contributed by atoms with Crippen LogP contribution in [0.2, 0.25) is 0 Å². The van der Waals surface area contributed by atoms with Crippen molar-refractivity contribution >= 4 is 57.2 Å². The van der Waals surface area contributed by atoms with Gasteiger partial charge in [0.2, 0.25) is 0 Å². The maximum Gasteiger partial charge on any atom is 0.191 e. The number of morpholine rings is 1. The van der Waals surface area contributed by atoms with Crippen LogP contribution in [0.1, 0.15) is 18.2 Å². The minimum Gasteiger partial charge on any atom is -0.379 e. The van der Waals surface area contributed by atoms with Crippen LogP contribution in [-0.2, 0) is 11.3 Å². The van der Waals surface area contributed by atoms with Crippen LogP contribution in [0.5, 0.6) is 0 Å². The lowest BCUT2D eigenvalue weighted by Gasteiger charge is -2.26. The summed E-state index contributed by atoms with van der Waals surface area (Å²) in [5.41, 5.74) is 0. The second kappa shape index (κ2) is 12.5. The van der Waals surface area contributed by atoms with Crippen LogP contribution in [0.4, 0.5) is 0 Å². The zero-order chi connectivity index (χ0) is 15.6. The summed E-state index contributed by atoms with van der Waals surface area (Å²) in [4.78, 5) is 8.35. The van der Waals surface area contributed by atoms with Crippen molar-refractivity contribution in [3.63, 3.8) is 0 Å². The van der Waals surface area contributed by atoms with Gasteiger partial charge in [-0.3, -0.25) is 4.90 Å². The largest absolute Gasteiger partial charge is 0.379 e. The normalized spacial score (nSPS) is 16.0. The average Bonchev–Trinajstić information content (AvgIpc) is 2.95. The number of aliphatic imine (C=N–C) groups is 1. The van der Waals surface area contributed by atoms with Gasteiger partial charge in [-0.25, -0.2) is 4.99 Å². The van der Waals surface area contributed by atoms with E-state index in [0.717, 1.165) is 69.3 Å². The molecule has 5 nitrogen and oxygen atoms in total. The molecule has 1 saturated heterocycles. The van der Waals surface area contributed by atoms with E-state index in [1.165, 1.54) is 4.88 Å². The molecule has 0 saturated carbocycles. The Morgan fingerprint density at radius 2 is 2.17 bits per heavy atom. The third-order valence-corrected chi connectivity index (χ3v) is 5.09. The number of halogens is 2. The molecule has 0 atom stereocenters. The van der Waals surface area contributed by atoms with E-state index in [0.29, 0.717) is 0 Å². The van der Waals surface area contributed by atoms with Gasteiger partial charge >= 0.3 is 0 Å². The van der Waals surface area contributed by atoms with Gasteiger partial charge in [0.05, 0.1) is 19.8 Å². The van der Waals surface area contributed by atoms with Crippen molar-refractivity contribution < 1.29 is 4.74 Å². The summed E-state index contributed by atoms with van der Waals surface area (Å²) >= 11 is 5.20. The molecule has 0 aliphatic carbocycles. The maximum atomic E-state index is 5.36. The Kier molecular flexibility index (Phi) is 11.5. The summed E-state index contributed by atoms with van der Waals surface area (Å²) in [5.74, 6) is 0.897. The first-order valence-corrected chi connectivity index (χ1v) is 9.50. The molecule has 0 bridgehead atoms. The third-order valence-electron chi connectivity index (χ3n) is 3.41. The van der Waals surface area contributed by atoms with Crippen molar-refractivity contribution in [2.75, 3.05) is 45.9 Å². The Labute approximate surface area is 168 Å². The monoisotopic (exact) mass is 516 g/mol. The molecule has 1 aliphatic rings. The summed E-state index contributed by atoms with van der Waals surface area (Å²) in [5, 5.41) is 8.80. The minimum atomic E-state index is 0. The smallest absolute Gasteiger partial charge is 0.191 e. The highest BCUT2D eigenvalue weighted by molar-refractivity contribution is 14.0. The van der Waals surface area contributed by atoms with E-state index in [1.807, 2.05) is 0 Å². The van der Waals surface area contributed by atoms with Gasteiger partial charge in [0.1, 0.15) is 0 Å². The fraction of sp³-hybridized carbons (Fsp3) is 0.667. The molecule has 0 spiro atoms. The molecule has 132 valence electrons. The van der Waals surface area contributed by atoms with Crippen LogP contribution < -0.4 is 10.6 Å². The molecular formula is C15H26BrIN4OS. The molecule has 2 rings (SSSR count). The van der Waals surface area contributed by atoms with E-state index < -0.39 is 0 Å². The van der Waals surface area contributed by atoms with Crippen LogP contribution in [0.15, 0.2) is 20.9 Å². The highest BCUT2D eigenvalue weighted by Gasteiger charge is 2.09. The predicted octanol–water partition coefficient (Wildman–Crippen LogP) is 2.91. The first-order chi connectivity index (χ1) is 10.8. The summed E-state index contributed by atoms with van der Waals surface area (Å²) in [6.45, 7) is 9.60. The summed E-state index contributed by atoms with van der Waals surface area (Å²) in [6, 6.07) is 2.12. The molecule has 2 heterocycles. The number of thiophene rings is 1. The van der Waals surface area contributed by atoms with Crippen LogP contribution >= 0.6 is 51.2 Å². The van der Waals surface area contributed by atoms with Gasteiger partial charge in [0.25, 0.3) is 0 Å². The first-order valence-electron chi connectivity index (χ1n) is 7.83. The Balaban J connectivity index is 0.00000264. The number of ether oxygens (including phenoxy) is 1. The highest BCUT2D eigenvalue weighted by atomic mass is 127. The van der Waals surface area contributed by atoms with Crippen molar-refractivity contribution in [1.82, 2.24) is 15.5 Å². The van der Waals surface area contributed by atoms with E-state index in [4.69, 9.17) is 4.74 Å². The standard InChI is InChI=1S/C15H25BrN4OS.HI/c1-2-17-15(19-11-14-10-13(16)12-22-14)18-4-3-5-20-6-8-21-9-7-20;/h10,12H,2-9,11H2,1H3,(H2,17,18,19);1H. The van der Waals surface area contributed by atoms with Crippen LogP contribution in [0.3, 0.4) is 0 Å². The zero-order valence-corrected chi connectivity index (χ0v) is 18.2. The Morgan fingerprint density at radius 1 is 1.39 bits per heavy atom. The van der Waals surface area contributed by atoms with Crippen molar-refractivity contribution in [1.29, 1.82) is 0 Å². The van der Waals surface area contributed by atoms with Crippen LogP contribution in [0, 0.1) is 0 Å². The first kappa shape index (κ1) is 21.1. The molecular weight excluding hydrogens is 491 g/mol. The predicted molar refractivity (Wildman–Crippen MR) is 112 cm³/mol. The molecule has 1 aromatic rings. The molecule has 1 aromatic heterocycles. The van der Waals surface area contributed by atoms with Gasteiger partial charge < -0.3 is 15.4 Å². The quantitative estimate of drug-likeness (QED) is 0.253. The van der Waals surface area contributed by atoms with Gasteiger partial charge in [-0.1, -0.05) is 0 Å². The molecule has 0 radical (unpaired) electrons. The Hall–Kier alpha value is 0.1000. The van der Waals surface area contributed by atoms with Crippen molar-refractivity contribution in [3.05, 3.63) is 20.8 Å². The van der Waals surface area contributed by atoms with Gasteiger partial charge in [-0.2, -0.15) is 0 Å². The third kappa shape index (κ3) is 8.67. The topological polar surface area (TPSA) is 48.9 Å². The molecule has 0 unspecified atom stereocenters. The van der Waals surface area contributed by atoms with Gasteiger partial charge in [-0.05, 0) is 41.9 Å². The van der Waals surface area contributed by atoms with Crippen molar-refractivity contribution in [3.8, 4) is 0 Å². The van der Waals surface area contributed by atoms with Crippen LogP contribution in [-0.4, -0.2) is 56.8 Å². The summed E-state index contributed by atoms with van der Waals surface area (Å²) in [7, 11) is 0. The van der Waals surface area contributed by atoms with Gasteiger partial charge in [0, 0.05) is 40.9 Å².